The van der Waals surface area contributed by atoms with Crippen LogP contribution in [-0.2, 0) is 18.0 Å². The number of hydrogen-bond donors (Lipinski definition) is 2. The Labute approximate surface area is 232 Å². The van der Waals surface area contributed by atoms with E-state index in [1.54, 1.807) is 6.07 Å². The van der Waals surface area contributed by atoms with Crippen molar-refractivity contribution in [3.05, 3.63) is 120 Å². The lowest BCUT2D eigenvalue weighted by atomic mass is 10.2. The molecule has 0 unspecified atom stereocenters. The highest BCUT2D eigenvalue weighted by Crippen LogP contribution is 2.25. The van der Waals surface area contributed by atoms with E-state index in [2.05, 4.69) is 25.0 Å². The van der Waals surface area contributed by atoms with E-state index >= 15 is 0 Å². The summed E-state index contributed by atoms with van der Waals surface area (Å²) in [4.78, 5) is 12.0. The molecule has 204 valence electrons. The molecule has 1 amide bonds. The fraction of sp³-hybridized carbons (Fsp3) is 0.219. The molecule has 0 aliphatic heterocycles. The number of ether oxygens (including phenoxy) is 3. The van der Waals surface area contributed by atoms with Crippen molar-refractivity contribution in [3.63, 3.8) is 0 Å². The van der Waals surface area contributed by atoms with Crippen LogP contribution in [0.25, 0.3) is 0 Å². The Morgan fingerprint density at radius 3 is 1.74 bits per heavy atom. The van der Waals surface area contributed by atoms with Crippen LogP contribution >= 0.6 is 0 Å². The van der Waals surface area contributed by atoms with Crippen molar-refractivity contribution < 1.29 is 19.0 Å². The predicted molar refractivity (Wildman–Crippen MR) is 162 cm³/mol. The second-order valence-corrected chi connectivity index (χ2v) is 15.8. The highest BCUT2D eigenvalue weighted by Gasteiger charge is 2.14. The van der Waals surface area contributed by atoms with Gasteiger partial charge in [-0.1, -0.05) is 105 Å². The summed E-state index contributed by atoms with van der Waals surface area (Å²) < 4.78 is 16.7. The molecule has 0 heterocycles. The molecule has 0 aliphatic carbocycles. The van der Waals surface area contributed by atoms with Crippen molar-refractivity contribution in [1.82, 2.24) is 0 Å². The maximum atomic E-state index is 12.0. The number of para-hydroxylation sites is 4. The van der Waals surface area contributed by atoms with Crippen LogP contribution in [0.2, 0.25) is 25.7 Å². The average Bonchev–Trinajstić information content (AvgIpc) is 2.93. The lowest BCUT2D eigenvalue weighted by Gasteiger charge is -2.16. The molecule has 4 aromatic carbocycles. The third-order valence-corrected chi connectivity index (χ3v) is 7.31. The molecule has 0 saturated heterocycles. The van der Waals surface area contributed by atoms with Crippen LogP contribution in [0.1, 0.15) is 11.1 Å². The van der Waals surface area contributed by atoms with E-state index in [-0.39, 0.29) is 0 Å². The molecule has 4 rings (SSSR count). The molecule has 0 fully saturated rings. The van der Waals surface area contributed by atoms with Gasteiger partial charge in [-0.25, -0.2) is 4.79 Å². The first-order chi connectivity index (χ1) is 18.8. The van der Waals surface area contributed by atoms with Gasteiger partial charge in [0.05, 0.1) is 18.0 Å². The van der Waals surface area contributed by atoms with Crippen LogP contribution in [0, 0.1) is 0 Å². The smallest absolute Gasteiger partial charge is 0.411 e. The van der Waals surface area contributed by atoms with Gasteiger partial charge in [0.1, 0.15) is 24.7 Å². The van der Waals surface area contributed by atoms with Crippen molar-refractivity contribution in [2.24, 2.45) is 0 Å². The van der Waals surface area contributed by atoms with E-state index in [4.69, 9.17) is 19.9 Å². The molecule has 0 aromatic heterocycles. The second kappa shape index (κ2) is 15.2. The molecule has 0 spiro atoms. The van der Waals surface area contributed by atoms with Crippen molar-refractivity contribution in [2.75, 3.05) is 17.7 Å². The lowest BCUT2D eigenvalue weighted by Crippen LogP contribution is -2.24. The normalized spacial score (nSPS) is 10.5. The SMILES string of the molecule is C[Si](C)(C)CCOC(=O)Nc1ccccc1OCc1ccccc1.Nc1ccccc1OCc1ccccc1. The number of amides is 1. The molecule has 0 aliphatic rings. The van der Waals surface area contributed by atoms with Gasteiger partial charge in [0.15, 0.2) is 0 Å². The first-order valence-corrected chi connectivity index (χ1v) is 16.7. The van der Waals surface area contributed by atoms with E-state index in [1.165, 1.54) is 0 Å². The van der Waals surface area contributed by atoms with E-state index in [1.807, 2.05) is 103 Å². The van der Waals surface area contributed by atoms with Gasteiger partial charge < -0.3 is 19.9 Å². The summed E-state index contributed by atoms with van der Waals surface area (Å²) in [5.41, 5.74) is 9.26. The van der Waals surface area contributed by atoms with Crippen molar-refractivity contribution in [2.45, 2.75) is 38.9 Å². The third-order valence-electron chi connectivity index (χ3n) is 5.60. The zero-order valence-corrected chi connectivity index (χ0v) is 23.9. The number of carbonyl (C=O) groups is 1. The average molecular weight is 543 g/mol. The standard InChI is InChI=1S/C19H25NO3Si.C13H13NO/c1-24(2,3)14-13-22-19(21)20-17-11-7-8-12-18(17)23-15-16-9-5-4-6-10-16;14-12-8-4-5-9-13(12)15-10-11-6-2-1-3-7-11/h4-12H,13-15H2,1-3H3,(H,20,21);1-9H,10,14H2. The molecule has 39 heavy (non-hydrogen) atoms. The van der Waals surface area contributed by atoms with Crippen LogP contribution < -0.4 is 20.5 Å². The third kappa shape index (κ3) is 11.4. The molecule has 0 radical (unpaired) electrons. The maximum Gasteiger partial charge on any atom is 0.411 e. The Balaban J connectivity index is 0.000000239. The molecular formula is C32H38N2O4Si. The van der Waals surface area contributed by atoms with Gasteiger partial charge in [0, 0.05) is 8.07 Å². The zero-order chi connectivity index (χ0) is 27.9. The number of nitrogen functional groups attached to an aromatic ring is 1. The number of anilines is 2. The summed E-state index contributed by atoms with van der Waals surface area (Å²) in [6.45, 7) is 8.21. The summed E-state index contributed by atoms with van der Waals surface area (Å²) >= 11 is 0. The number of hydrogen-bond acceptors (Lipinski definition) is 5. The van der Waals surface area contributed by atoms with Gasteiger partial charge in [0.2, 0.25) is 0 Å². The minimum atomic E-state index is -1.21. The second-order valence-electron chi connectivity index (χ2n) is 10.2. The van der Waals surface area contributed by atoms with Crippen molar-refractivity contribution in [3.8, 4) is 11.5 Å². The van der Waals surface area contributed by atoms with Crippen LogP contribution in [-0.4, -0.2) is 20.8 Å². The molecule has 0 atom stereocenters. The minimum absolute atomic E-state index is 0.441. The van der Waals surface area contributed by atoms with E-state index in [0.717, 1.165) is 22.9 Å². The quantitative estimate of drug-likeness (QED) is 0.157. The Hall–Kier alpha value is -4.23. The number of rotatable bonds is 10. The number of carbonyl (C=O) groups excluding carboxylic acids is 1. The molecule has 7 heteroatoms. The maximum absolute atomic E-state index is 12.0. The predicted octanol–water partition coefficient (Wildman–Crippen LogP) is 8.00. The van der Waals surface area contributed by atoms with Crippen LogP contribution in [0.5, 0.6) is 11.5 Å². The van der Waals surface area contributed by atoms with Crippen LogP contribution in [0.4, 0.5) is 16.2 Å². The Bertz CT molecular complexity index is 1280. The Morgan fingerprint density at radius 2 is 1.18 bits per heavy atom. The molecule has 0 saturated carbocycles. The summed E-state index contributed by atoms with van der Waals surface area (Å²) in [5, 5.41) is 2.76. The number of benzene rings is 4. The minimum Gasteiger partial charge on any atom is -0.487 e. The lowest BCUT2D eigenvalue weighted by molar-refractivity contribution is 0.167. The Morgan fingerprint density at radius 1 is 0.692 bits per heavy atom. The first kappa shape index (κ1) is 29.3. The summed E-state index contributed by atoms with van der Waals surface area (Å²) in [5.74, 6) is 1.37. The molecule has 3 N–H and O–H groups in total. The monoisotopic (exact) mass is 542 g/mol. The van der Waals surface area contributed by atoms with Gasteiger partial charge in [-0.05, 0) is 41.4 Å². The Kier molecular flexibility index (Phi) is 11.5. The topological polar surface area (TPSA) is 82.8 Å². The van der Waals surface area contributed by atoms with Gasteiger partial charge in [-0.2, -0.15) is 0 Å². The molecule has 0 bridgehead atoms. The van der Waals surface area contributed by atoms with Crippen LogP contribution in [0.3, 0.4) is 0 Å². The van der Waals surface area contributed by atoms with Gasteiger partial charge >= 0.3 is 6.09 Å². The fourth-order valence-electron chi connectivity index (χ4n) is 3.37. The van der Waals surface area contributed by atoms with Gasteiger partial charge in [-0.3, -0.25) is 5.32 Å². The van der Waals surface area contributed by atoms with E-state index in [9.17, 15) is 4.79 Å². The summed E-state index contributed by atoms with van der Waals surface area (Å²) in [6, 6.07) is 35.8. The highest BCUT2D eigenvalue weighted by molar-refractivity contribution is 6.76. The first-order valence-electron chi connectivity index (χ1n) is 13.0. The molecular weight excluding hydrogens is 504 g/mol. The number of nitrogens with one attached hydrogen (secondary N) is 1. The number of nitrogens with two attached hydrogens (primary N) is 1. The van der Waals surface area contributed by atoms with Gasteiger partial charge in [-0.15, -0.1) is 0 Å². The fourth-order valence-corrected chi connectivity index (χ4v) is 4.09. The summed E-state index contributed by atoms with van der Waals surface area (Å²) in [7, 11) is -1.21. The summed E-state index contributed by atoms with van der Waals surface area (Å²) in [6.07, 6.45) is -0.441. The van der Waals surface area contributed by atoms with Crippen LogP contribution in [0.15, 0.2) is 109 Å². The van der Waals surface area contributed by atoms with E-state index in [0.29, 0.717) is 36.9 Å². The molecule has 4 aromatic rings. The zero-order valence-electron chi connectivity index (χ0n) is 22.9. The highest BCUT2D eigenvalue weighted by atomic mass is 28.3. The largest absolute Gasteiger partial charge is 0.487 e. The van der Waals surface area contributed by atoms with Gasteiger partial charge in [0.25, 0.3) is 0 Å². The molecule has 6 nitrogen and oxygen atoms in total. The van der Waals surface area contributed by atoms with Crippen molar-refractivity contribution >= 4 is 25.5 Å². The van der Waals surface area contributed by atoms with E-state index < -0.39 is 14.2 Å². The van der Waals surface area contributed by atoms with Crippen molar-refractivity contribution in [1.29, 1.82) is 0 Å².